The summed E-state index contributed by atoms with van der Waals surface area (Å²) in [5.41, 5.74) is 4.35. The first-order valence-electron chi connectivity index (χ1n) is 8.56. The van der Waals surface area contributed by atoms with Crippen LogP contribution in [-0.4, -0.2) is 12.6 Å². The lowest BCUT2D eigenvalue weighted by Crippen LogP contribution is -2.42. The molecule has 1 aromatic carbocycles. The lowest BCUT2D eigenvalue weighted by molar-refractivity contribution is -0.0400. The van der Waals surface area contributed by atoms with Crippen molar-refractivity contribution in [3.05, 3.63) is 29.3 Å². The second-order valence-electron chi connectivity index (χ2n) is 8.16. The minimum Gasteiger partial charge on any atom is -0.381 e. The van der Waals surface area contributed by atoms with Crippen molar-refractivity contribution in [2.24, 2.45) is 11.8 Å². The van der Waals surface area contributed by atoms with Crippen molar-refractivity contribution in [3.8, 4) is 0 Å². The number of hydrogen-bond donors (Lipinski definition) is 1. The fourth-order valence-electron chi connectivity index (χ4n) is 4.10. The Bertz CT molecular complexity index is 541. The zero-order valence-corrected chi connectivity index (χ0v) is 13.5. The van der Waals surface area contributed by atoms with Gasteiger partial charge in [-0.2, -0.15) is 0 Å². The first kappa shape index (κ1) is 13.6. The molecule has 2 fully saturated rings. The molecule has 0 bridgehead atoms. The molecule has 1 N–H and O–H groups in total. The predicted octanol–water partition coefficient (Wildman–Crippen LogP) is 4.66. The summed E-state index contributed by atoms with van der Waals surface area (Å²) in [6.07, 6.45) is 5.66. The Morgan fingerprint density at radius 1 is 1.14 bits per heavy atom. The second kappa shape index (κ2) is 4.74. The Kier molecular flexibility index (Phi) is 3.08. The molecule has 0 spiro atoms. The van der Waals surface area contributed by atoms with Crippen LogP contribution in [0.15, 0.2) is 18.2 Å². The van der Waals surface area contributed by atoms with Gasteiger partial charge in [0.2, 0.25) is 0 Å². The molecule has 1 aliphatic carbocycles. The second-order valence-corrected chi connectivity index (χ2v) is 8.16. The molecule has 1 saturated carbocycles. The standard InChI is InChI=1S/C19H27NO/c1-19(2,3)13-8-9-16-15(11-13)18-14(5-4-10-21-18)17(20-16)12-6-7-12/h8-9,11-12,14,17-18,20H,4-7,10H2,1-3H3. The van der Waals surface area contributed by atoms with Gasteiger partial charge >= 0.3 is 0 Å². The van der Waals surface area contributed by atoms with Crippen LogP contribution >= 0.6 is 0 Å². The van der Waals surface area contributed by atoms with Gasteiger partial charge in [-0.3, -0.25) is 0 Å². The first-order valence-corrected chi connectivity index (χ1v) is 8.56. The van der Waals surface area contributed by atoms with Crippen molar-refractivity contribution >= 4 is 5.69 Å². The highest BCUT2D eigenvalue weighted by Crippen LogP contribution is 2.50. The Balaban J connectivity index is 1.74. The highest BCUT2D eigenvalue weighted by molar-refractivity contribution is 5.58. The number of rotatable bonds is 1. The van der Waals surface area contributed by atoms with Gasteiger partial charge in [-0.25, -0.2) is 0 Å². The van der Waals surface area contributed by atoms with E-state index in [9.17, 15) is 0 Å². The van der Waals surface area contributed by atoms with Gasteiger partial charge in [0, 0.05) is 29.8 Å². The van der Waals surface area contributed by atoms with E-state index in [4.69, 9.17) is 4.74 Å². The monoisotopic (exact) mass is 285 g/mol. The maximum atomic E-state index is 6.24. The van der Waals surface area contributed by atoms with Crippen LogP contribution in [0.2, 0.25) is 0 Å². The van der Waals surface area contributed by atoms with Crippen molar-refractivity contribution in [1.82, 2.24) is 0 Å². The van der Waals surface area contributed by atoms with Crippen molar-refractivity contribution < 1.29 is 4.74 Å². The van der Waals surface area contributed by atoms with Gasteiger partial charge in [-0.15, -0.1) is 0 Å². The predicted molar refractivity (Wildman–Crippen MR) is 86.7 cm³/mol. The third-order valence-corrected chi connectivity index (χ3v) is 5.51. The third kappa shape index (κ3) is 2.38. The number of benzene rings is 1. The average molecular weight is 285 g/mol. The lowest BCUT2D eigenvalue weighted by Gasteiger charge is -2.44. The average Bonchev–Trinajstić information content (AvgIpc) is 3.29. The largest absolute Gasteiger partial charge is 0.381 e. The highest BCUT2D eigenvalue weighted by atomic mass is 16.5. The molecule has 2 heterocycles. The van der Waals surface area contributed by atoms with Crippen LogP contribution in [0.3, 0.4) is 0 Å². The minimum atomic E-state index is 0.201. The van der Waals surface area contributed by atoms with Gasteiger partial charge in [0.05, 0.1) is 6.10 Å². The molecule has 3 atom stereocenters. The van der Waals surface area contributed by atoms with Crippen LogP contribution in [0.5, 0.6) is 0 Å². The Morgan fingerprint density at radius 3 is 2.67 bits per heavy atom. The summed E-state index contributed by atoms with van der Waals surface area (Å²) in [5, 5.41) is 3.86. The van der Waals surface area contributed by atoms with E-state index in [0.29, 0.717) is 18.1 Å². The molecule has 3 unspecified atom stereocenters. The zero-order chi connectivity index (χ0) is 14.6. The Hall–Kier alpha value is -1.02. The molecule has 3 aliphatic rings. The van der Waals surface area contributed by atoms with Crippen molar-refractivity contribution in [2.75, 3.05) is 11.9 Å². The molecule has 1 aromatic rings. The fourth-order valence-corrected chi connectivity index (χ4v) is 4.10. The summed E-state index contributed by atoms with van der Waals surface area (Å²) < 4.78 is 6.24. The molecule has 0 radical (unpaired) electrons. The smallest absolute Gasteiger partial charge is 0.0892 e. The minimum absolute atomic E-state index is 0.201. The number of fused-ring (bicyclic) bond motifs is 3. The number of nitrogens with one attached hydrogen (secondary N) is 1. The summed E-state index contributed by atoms with van der Waals surface area (Å²) in [5.74, 6) is 1.56. The molecule has 0 aromatic heterocycles. The first-order chi connectivity index (χ1) is 10.0. The van der Waals surface area contributed by atoms with Crippen LogP contribution in [0.1, 0.15) is 63.7 Å². The number of ether oxygens (including phenoxy) is 1. The fraction of sp³-hybridized carbons (Fsp3) is 0.684. The summed E-state index contributed by atoms with van der Waals surface area (Å²) in [4.78, 5) is 0. The van der Waals surface area contributed by atoms with Gasteiger partial charge in [0.15, 0.2) is 0 Å². The Labute approximate surface area is 128 Å². The van der Waals surface area contributed by atoms with Gasteiger partial charge in [0.1, 0.15) is 0 Å². The quantitative estimate of drug-likeness (QED) is 0.810. The van der Waals surface area contributed by atoms with Crippen molar-refractivity contribution in [1.29, 1.82) is 0 Å². The Morgan fingerprint density at radius 2 is 1.95 bits per heavy atom. The molecule has 2 heteroatoms. The normalized spacial score (nSPS) is 32.0. The lowest BCUT2D eigenvalue weighted by atomic mass is 9.76. The maximum absolute atomic E-state index is 6.24. The molecule has 0 amide bonds. The van der Waals surface area contributed by atoms with E-state index in [0.717, 1.165) is 12.5 Å². The summed E-state index contributed by atoms with van der Waals surface area (Å²) >= 11 is 0. The molecule has 2 aliphatic heterocycles. The molecular formula is C19H27NO. The van der Waals surface area contributed by atoms with E-state index in [-0.39, 0.29) is 5.41 Å². The zero-order valence-electron chi connectivity index (χ0n) is 13.5. The summed E-state index contributed by atoms with van der Waals surface area (Å²) in [7, 11) is 0. The van der Waals surface area contributed by atoms with Crippen LogP contribution < -0.4 is 5.32 Å². The van der Waals surface area contributed by atoms with Crippen LogP contribution in [0.4, 0.5) is 5.69 Å². The number of anilines is 1. The molecule has 2 nitrogen and oxygen atoms in total. The maximum Gasteiger partial charge on any atom is 0.0892 e. The van der Waals surface area contributed by atoms with Gasteiger partial charge < -0.3 is 10.1 Å². The molecular weight excluding hydrogens is 258 g/mol. The SMILES string of the molecule is CC(C)(C)c1ccc2c(c1)C1OCCCC1C(C1CC1)N2. The molecule has 4 rings (SSSR count). The van der Waals surface area contributed by atoms with E-state index in [1.807, 2.05) is 0 Å². The van der Waals surface area contributed by atoms with Crippen LogP contribution in [0, 0.1) is 11.8 Å². The van der Waals surface area contributed by atoms with Crippen molar-refractivity contribution in [2.45, 2.75) is 64.0 Å². The summed E-state index contributed by atoms with van der Waals surface area (Å²) in [6, 6.07) is 7.62. The van der Waals surface area contributed by atoms with E-state index < -0.39 is 0 Å². The topological polar surface area (TPSA) is 21.3 Å². The van der Waals surface area contributed by atoms with E-state index >= 15 is 0 Å². The highest BCUT2D eigenvalue weighted by Gasteiger charge is 2.45. The van der Waals surface area contributed by atoms with E-state index in [1.54, 1.807) is 0 Å². The van der Waals surface area contributed by atoms with Gasteiger partial charge in [0.25, 0.3) is 0 Å². The van der Waals surface area contributed by atoms with Gasteiger partial charge in [-0.05, 0) is 48.6 Å². The molecule has 114 valence electrons. The van der Waals surface area contributed by atoms with Crippen molar-refractivity contribution in [3.63, 3.8) is 0 Å². The summed E-state index contributed by atoms with van der Waals surface area (Å²) in [6.45, 7) is 7.79. The van der Waals surface area contributed by atoms with Crippen LogP contribution in [0.25, 0.3) is 0 Å². The third-order valence-electron chi connectivity index (χ3n) is 5.51. The van der Waals surface area contributed by atoms with E-state index in [1.165, 1.54) is 42.5 Å². The van der Waals surface area contributed by atoms with E-state index in [2.05, 4.69) is 44.3 Å². The van der Waals surface area contributed by atoms with Crippen LogP contribution in [-0.2, 0) is 10.2 Å². The molecule has 21 heavy (non-hydrogen) atoms. The van der Waals surface area contributed by atoms with Gasteiger partial charge in [-0.1, -0.05) is 32.9 Å². The molecule has 1 saturated heterocycles. The number of hydrogen-bond acceptors (Lipinski definition) is 2.